The number of nitrogens with zero attached hydrogens (tertiary/aromatic N) is 1. The summed E-state index contributed by atoms with van der Waals surface area (Å²) in [4.78, 5) is 27.2. The predicted molar refractivity (Wildman–Crippen MR) is 77.1 cm³/mol. The maximum Gasteiger partial charge on any atom is 0.245 e. The molecule has 1 aromatic heterocycles. The van der Waals surface area contributed by atoms with Crippen LogP contribution in [0.15, 0.2) is 17.5 Å². The highest BCUT2D eigenvalue weighted by Gasteiger charge is 2.38. The summed E-state index contributed by atoms with van der Waals surface area (Å²) in [5.41, 5.74) is 6.03. The average Bonchev–Trinajstić information content (AvgIpc) is 2.98. The Kier molecular flexibility index (Phi) is 3.76. The molecule has 2 aliphatic rings. The van der Waals surface area contributed by atoms with Crippen LogP contribution in [0.25, 0.3) is 0 Å². The van der Waals surface area contributed by atoms with E-state index in [1.165, 1.54) is 11.3 Å². The first-order valence-electron chi connectivity index (χ1n) is 7.06. The number of nitrogens with one attached hydrogen (secondary N) is 1. The molecule has 20 heavy (non-hydrogen) atoms. The maximum absolute atomic E-state index is 12.5. The van der Waals surface area contributed by atoms with Crippen LogP contribution in [0, 0.1) is 0 Å². The standard InChI is InChI=1S/C14H19N3O2S/c15-12(11-4-2-8-20-11)14(19)17-7-1-3-10(17)13(18)16-9-5-6-9/h2,4,8-10,12H,1,3,5-7,15H2,(H,16,18). The van der Waals surface area contributed by atoms with E-state index in [9.17, 15) is 9.59 Å². The van der Waals surface area contributed by atoms with Crippen LogP contribution in [0.1, 0.15) is 36.6 Å². The van der Waals surface area contributed by atoms with E-state index in [0.29, 0.717) is 12.6 Å². The molecule has 1 saturated heterocycles. The smallest absolute Gasteiger partial charge is 0.245 e. The van der Waals surface area contributed by atoms with Crippen LogP contribution in [0.5, 0.6) is 0 Å². The summed E-state index contributed by atoms with van der Waals surface area (Å²) in [7, 11) is 0. The normalized spacial score (nSPS) is 23.6. The number of hydrogen-bond acceptors (Lipinski definition) is 4. The van der Waals surface area contributed by atoms with Gasteiger partial charge in [0.05, 0.1) is 0 Å². The summed E-state index contributed by atoms with van der Waals surface area (Å²) in [5, 5.41) is 4.89. The van der Waals surface area contributed by atoms with Crippen molar-refractivity contribution in [1.29, 1.82) is 0 Å². The molecule has 1 aromatic rings. The fourth-order valence-electron chi connectivity index (χ4n) is 2.60. The van der Waals surface area contributed by atoms with E-state index >= 15 is 0 Å². The Balaban J connectivity index is 1.67. The van der Waals surface area contributed by atoms with Crippen molar-refractivity contribution in [3.8, 4) is 0 Å². The summed E-state index contributed by atoms with van der Waals surface area (Å²) in [6.45, 7) is 0.626. The molecule has 3 N–H and O–H groups in total. The van der Waals surface area contributed by atoms with E-state index in [1.807, 2.05) is 17.5 Å². The predicted octanol–water partition coefficient (Wildman–Crippen LogP) is 1.02. The molecule has 2 heterocycles. The molecule has 1 saturated carbocycles. The Morgan fingerprint density at radius 3 is 2.85 bits per heavy atom. The number of thiophene rings is 1. The first kappa shape index (κ1) is 13.6. The fraction of sp³-hybridized carbons (Fsp3) is 0.571. The van der Waals surface area contributed by atoms with Crippen molar-refractivity contribution < 1.29 is 9.59 Å². The lowest BCUT2D eigenvalue weighted by Crippen LogP contribution is -2.49. The van der Waals surface area contributed by atoms with Crippen LogP contribution in [-0.4, -0.2) is 35.3 Å². The van der Waals surface area contributed by atoms with Gasteiger partial charge in [-0.2, -0.15) is 0 Å². The Hall–Kier alpha value is -1.40. The van der Waals surface area contributed by atoms with Gasteiger partial charge >= 0.3 is 0 Å². The molecule has 1 aliphatic heterocycles. The van der Waals surface area contributed by atoms with Gasteiger partial charge in [0.1, 0.15) is 12.1 Å². The third-order valence-electron chi connectivity index (χ3n) is 3.88. The topological polar surface area (TPSA) is 75.4 Å². The Bertz CT molecular complexity index is 499. The van der Waals surface area contributed by atoms with Crippen molar-refractivity contribution in [2.75, 3.05) is 6.54 Å². The van der Waals surface area contributed by atoms with E-state index in [1.54, 1.807) is 4.90 Å². The molecule has 6 heteroatoms. The van der Waals surface area contributed by atoms with Gasteiger partial charge in [-0.3, -0.25) is 9.59 Å². The summed E-state index contributed by atoms with van der Waals surface area (Å²) in [5.74, 6) is -0.155. The van der Waals surface area contributed by atoms with Gasteiger partial charge in [0, 0.05) is 17.5 Å². The van der Waals surface area contributed by atoms with Gasteiger partial charge < -0.3 is 16.0 Å². The summed E-state index contributed by atoms with van der Waals surface area (Å²) in [6.07, 6.45) is 3.72. The summed E-state index contributed by atoms with van der Waals surface area (Å²) in [6, 6.07) is 3.08. The molecular weight excluding hydrogens is 274 g/mol. The van der Waals surface area contributed by atoms with Crippen LogP contribution < -0.4 is 11.1 Å². The fourth-order valence-corrected chi connectivity index (χ4v) is 3.32. The highest BCUT2D eigenvalue weighted by molar-refractivity contribution is 7.10. The van der Waals surface area contributed by atoms with E-state index in [-0.39, 0.29) is 17.9 Å². The van der Waals surface area contributed by atoms with Gasteiger partial charge in [-0.15, -0.1) is 11.3 Å². The Morgan fingerprint density at radius 1 is 1.40 bits per heavy atom. The molecule has 0 spiro atoms. The highest BCUT2D eigenvalue weighted by Crippen LogP contribution is 2.26. The monoisotopic (exact) mass is 293 g/mol. The van der Waals surface area contributed by atoms with E-state index < -0.39 is 6.04 Å². The van der Waals surface area contributed by atoms with E-state index in [0.717, 1.165) is 30.6 Å². The van der Waals surface area contributed by atoms with E-state index in [2.05, 4.69) is 5.32 Å². The lowest BCUT2D eigenvalue weighted by atomic mass is 10.1. The molecular formula is C14H19N3O2S. The lowest BCUT2D eigenvalue weighted by Gasteiger charge is -2.26. The lowest BCUT2D eigenvalue weighted by molar-refractivity contribution is -0.139. The van der Waals surface area contributed by atoms with Gasteiger partial charge in [-0.05, 0) is 37.1 Å². The second-order valence-corrected chi connectivity index (χ2v) is 6.44. The van der Waals surface area contributed by atoms with Gasteiger partial charge in [0.25, 0.3) is 0 Å². The molecule has 2 fully saturated rings. The number of carbonyl (C=O) groups is 2. The molecule has 2 amide bonds. The number of likely N-dealkylation sites (tertiary alicyclic amines) is 1. The number of amides is 2. The van der Waals surface area contributed by atoms with Gasteiger partial charge in [0.2, 0.25) is 11.8 Å². The van der Waals surface area contributed by atoms with Crippen molar-refractivity contribution >= 4 is 23.2 Å². The third-order valence-corrected chi connectivity index (χ3v) is 4.83. The van der Waals surface area contributed by atoms with Gasteiger partial charge in [-0.25, -0.2) is 0 Å². The molecule has 0 radical (unpaired) electrons. The zero-order chi connectivity index (χ0) is 14.1. The summed E-state index contributed by atoms with van der Waals surface area (Å²) < 4.78 is 0. The Morgan fingerprint density at radius 2 is 2.20 bits per heavy atom. The quantitative estimate of drug-likeness (QED) is 0.870. The number of rotatable bonds is 4. The number of carbonyl (C=O) groups excluding carboxylic acids is 2. The first-order chi connectivity index (χ1) is 9.66. The maximum atomic E-state index is 12.5. The minimum atomic E-state index is -0.649. The molecule has 2 atom stereocenters. The van der Waals surface area contributed by atoms with Crippen LogP contribution in [0.3, 0.4) is 0 Å². The largest absolute Gasteiger partial charge is 0.352 e. The van der Waals surface area contributed by atoms with Crippen molar-refractivity contribution in [3.05, 3.63) is 22.4 Å². The summed E-state index contributed by atoms with van der Waals surface area (Å²) >= 11 is 1.48. The average molecular weight is 293 g/mol. The van der Waals surface area contributed by atoms with Crippen LogP contribution >= 0.6 is 11.3 Å². The number of nitrogens with two attached hydrogens (primary N) is 1. The van der Waals surface area contributed by atoms with Gasteiger partial charge in [0.15, 0.2) is 0 Å². The first-order valence-corrected chi connectivity index (χ1v) is 7.94. The van der Waals surface area contributed by atoms with Crippen molar-refractivity contribution in [3.63, 3.8) is 0 Å². The van der Waals surface area contributed by atoms with Crippen LogP contribution in [0.4, 0.5) is 0 Å². The number of hydrogen-bond donors (Lipinski definition) is 2. The molecule has 2 unspecified atom stereocenters. The molecule has 0 aromatic carbocycles. The minimum Gasteiger partial charge on any atom is -0.352 e. The van der Waals surface area contributed by atoms with Crippen molar-refractivity contribution in [1.82, 2.24) is 10.2 Å². The molecule has 5 nitrogen and oxygen atoms in total. The van der Waals surface area contributed by atoms with Crippen LogP contribution in [0.2, 0.25) is 0 Å². The van der Waals surface area contributed by atoms with Crippen molar-refractivity contribution in [2.24, 2.45) is 5.73 Å². The Labute approximate surface area is 122 Å². The van der Waals surface area contributed by atoms with Gasteiger partial charge in [-0.1, -0.05) is 6.07 Å². The third kappa shape index (κ3) is 2.71. The second-order valence-electron chi connectivity index (χ2n) is 5.47. The zero-order valence-electron chi connectivity index (χ0n) is 11.2. The molecule has 3 rings (SSSR count). The molecule has 1 aliphatic carbocycles. The van der Waals surface area contributed by atoms with Crippen molar-refractivity contribution in [2.45, 2.75) is 43.8 Å². The van der Waals surface area contributed by atoms with Crippen LogP contribution in [-0.2, 0) is 9.59 Å². The minimum absolute atomic E-state index is 0.0169. The molecule has 0 bridgehead atoms. The van der Waals surface area contributed by atoms with E-state index in [4.69, 9.17) is 5.73 Å². The highest BCUT2D eigenvalue weighted by atomic mass is 32.1. The zero-order valence-corrected chi connectivity index (χ0v) is 12.1. The second kappa shape index (κ2) is 5.54. The SMILES string of the molecule is NC(C(=O)N1CCCC1C(=O)NC1CC1)c1cccs1. The molecule has 108 valence electrons.